The van der Waals surface area contributed by atoms with Crippen molar-refractivity contribution in [3.05, 3.63) is 69.8 Å². The molecule has 0 N–H and O–H groups in total. The zero-order valence-corrected chi connectivity index (χ0v) is 19.9. The molecule has 4 heteroatoms. The highest BCUT2D eigenvalue weighted by atomic mass is 16.6. The Morgan fingerprint density at radius 3 is 1.35 bits per heavy atom. The topological polar surface area (TPSA) is 52.6 Å². The molecule has 2 bridgehead atoms. The molecule has 7 rings (SSSR count). The van der Waals surface area contributed by atoms with Crippen molar-refractivity contribution in [1.82, 2.24) is 0 Å². The lowest BCUT2D eigenvalue weighted by atomic mass is 9.67. The van der Waals surface area contributed by atoms with Crippen molar-refractivity contribution in [2.75, 3.05) is 0 Å². The van der Waals surface area contributed by atoms with Crippen LogP contribution in [0.4, 0.5) is 0 Å². The molecule has 0 spiro atoms. The van der Waals surface area contributed by atoms with Crippen molar-refractivity contribution in [3.63, 3.8) is 0 Å². The molecule has 0 amide bonds. The van der Waals surface area contributed by atoms with Crippen molar-refractivity contribution in [2.45, 2.75) is 89.3 Å². The molecule has 178 valence electrons. The first-order chi connectivity index (χ1) is 16.7. The van der Waals surface area contributed by atoms with E-state index in [4.69, 9.17) is 9.47 Å². The number of hydrogen-bond donors (Lipinski definition) is 0. The van der Waals surface area contributed by atoms with Gasteiger partial charge in [-0.25, -0.2) is 9.59 Å². The summed E-state index contributed by atoms with van der Waals surface area (Å²) < 4.78 is 12.3. The molecule has 0 aromatic heterocycles. The molecular weight excluding hydrogens is 424 g/mol. The first-order valence-electron chi connectivity index (χ1n) is 13.3. The maximum Gasteiger partial charge on any atom is 0.338 e. The molecule has 2 unspecified atom stereocenters. The van der Waals surface area contributed by atoms with E-state index >= 15 is 0 Å². The lowest BCUT2D eigenvalue weighted by Crippen LogP contribution is -2.52. The average Bonchev–Trinajstić information content (AvgIpc) is 2.89. The van der Waals surface area contributed by atoms with Crippen molar-refractivity contribution >= 4 is 11.9 Å². The van der Waals surface area contributed by atoms with Crippen LogP contribution in [-0.4, -0.2) is 24.1 Å². The van der Waals surface area contributed by atoms with Gasteiger partial charge in [-0.15, -0.1) is 0 Å². The Labute approximate surface area is 202 Å². The Morgan fingerprint density at radius 2 is 0.941 bits per heavy atom. The fourth-order valence-corrected chi connectivity index (χ4v) is 6.77. The molecule has 4 nitrogen and oxygen atoms in total. The van der Waals surface area contributed by atoms with Gasteiger partial charge in [0.05, 0.1) is 11.1 Å². The molecule has 34 heavy (non-hydrogen) atoms. The van der Waals surface area contributed by atoms with Gasteiger partial charge in [-0.2, -0.15) is 0 Å². The van der Waals surface area contributed by atoms with Crippen molar-refractivity contribution in [1.29, 1.82) is 0 Å². The van der Waals surface area contributed by atoms with Crippen LogP contribution < -0.4 is 0 Å². The number of aryl methyl sites for hydroxylation is 4. The van der Waals surface area contributed by atoms with Gasteiger partial charge in [-0.05, 0) is 135 Å². The van der Waals surface area contributed by atoms with Gasteiger partial charge in [-0.3, -0.25) is 0 Å². The molecule has 0 heterocycles. The van der Waals surface area contributed by atoms with Crippen LogP contribution in [0, 0.1) is 11.8 Å². The largest absolute Gasteiger partial charge is 0.455 e. The van der Waals surface area contributed by atoms with Crippen molar-refractivity contribution < 1.29 is 19.1 Å². The predicted octanol–water partition coefficient (Wildman–Crippen LogP) is 6.02. The third-order valence-electron chi connectivity index (χ3n) is 8.72. The van der Waals surface area contributed by atoms with Crippen molar-refractivity contribution in [2.24, 2.45) is 11.8 Å². The number of hydrogen-bond acceptors (Lipinski definition) is 4. The molecule has 3 fully saturated rings. The molecular formula is C30H34O4. The van der Waals surface area contributed by atoms with E-state index in [0.717, 1.165) is 51.4 Å². The molecule has 5 aliphatic rings. The summed E-state index contributed by atoms with van der Waals surface area (Å²) in [5, 5.41) is 0. The highest BCUT2D eigenvalue weighted by Gasteiger charge is 2.48. The number of rotatable bonds is 4. The van der Waals surface area contributed by atoms with Gasteiger partial charge in [0, 0.05) is 0 Å². The number of esters is 2. The van der Waals surface area contributed by atoms with Gasteiger partial charge < -0.3 is 9.47 Å². The van der Waals surface area contributed by atoms with Gasteiger partial charge in [0.25, 0.3) is 0 Å². The van der Waals surface area contributed by atoms with E-state index in [1.165, 1.54) is 47.9 Å². The second-order valence-electron chi connectivity index (χ2n) is 10.8. The summed E-state index contributed by atoms with van der Waals surface area (Å²) in [7, 11) is 0. The monoisotopic (exact) mass is 458 g/mol. The number of ether oxygens (including phenoxy) is 2. The molecule has 2 aromatic rings. The molecule has 0 saturated heterocycles. The molecule has 2 aromatic carbocycles. The number of carbonyl (C=O) groups excluding carboxylic acids is 2. The van der Waals surface area contributed by atoms with Gasteiger partial charge in [0.1, 0.15) is 12.2 Å². The molecule has 2 atom stereocenters. The SMILES string of the molecule is O=C(OC1C2CCC(CC2)C1OC(=O)c1ccc2c(c1)CCCC2)c1ccc2c(c1)CCCC2. The lowest BCUT2D eigenvalue weighted by molar-refractivity contribution is -0.121. The minimum atomic E-state index is -0.349. The minimum absolute atomic E-state index is 0.271. The van der Waals surface area contributed by atoms with E-state index in [1.807, 2.05) is 24.3 Å². The Hall–Kier alpha value is -2.62. The Balaban J connectivity index is 1.19. The van der Waals surface area contributed by atoms with Gasteiger partial charge >= 0.3 is 11.9 Å². The maximum absolute atomic E-state index is 13.2. The van der Waals surface area contributed by atoms with E-state index in [9.17, 15) is 9.59 Å². The van der Waals surface area contributed by atoms with E-state index in [0.29, 0.717) is 11.1 Å². The average molecular weight is 459 g/mol. The maximum atomic E-state index is 13.2. The number of benzene rings is 2. The minimum Gasteiger partial charge on any atom is -0.455 e. The summed E-state index contributed by atoms with van der Waals surface area (Å²) in [4.78, 5) is 26.3. The highest BCUT2D eigenvalue weighted by Crippen LogP contribution is 2.45. The fraction of sp³-hybridized carbons (Fsp3) is 0.533. The Bertz CT molecular complexity index is 1010. The van der Waals surface area contributed by atoms with E-state index < -0.39 is 0 Å². The summed E-state index contributed by atoms with van der Waals surface area (Å²) in [6, 6.07) is 12.0. The molecule has 5 aliphatic carbocycles. The molecule has 0 radical (unpaired) electrons. The van der Waals surface area contributed by atoms with Crippen LogP contribution >= 0.6 is 0 Å². The normalized spacial score (nSPS) is 27.4. The summed E-state index contributed by atoms with van der Waals surface area (Å²) in [6.45, 7) is 0. The van der Waals surface area contributed by atoms with E-state index in [-0.39, 0.29) is 36.0 Å². The summed E-state index contributed by atoms with van der Waals surface area (Å²) >= 11 is 0. The summed E-state index contributed by atoms with van der Waals surface area (Å²) in [6.07, 6.45) is 12.5. The smallest absolute Gasteiger partial charge is 0.338 e. The third-order valence-corrected chi connectivity index (χ3v) is 8.72. The van der Waals surface area contributed by atoms with Crippen LogP contribution in [0.5, 0.6) is 0 Å². The van der Waals surface area contributed by atoms with E-state index in [1.54, 1.807) is 0 Å². The summed E-state index contributed by atoms with van der Waals surface area (Å²) in [5.41, 5.74) is 6.53. The van der Waals surface area contributed by atoms with Crippen LogP contribution in [-0.2, 0) is 35.2 Å². The summed E-state index contributed by atoms with van der Waals surface area (Å²) in [5.74, 6) is -0.0117. The zero-order chi connectivity index (χ0) is 23.1. The van der Waals surface area contributed by atoms with Crippen LogP contribution in [0.2, 0.25) is 0 Å². The van der Waals surface area contributed by atoms with Crippen LogP contribution in [0.25, 0.3) is 0 Å². The highest BCUT2D eigenvalue weighted by molar-refractivity contribution is 5.91. The first-order valence-corrected chi connectivity index (χ1v) is 13.3. The second kappa shape index (κ2) is 9.20. The molecule has 3 saturated carbocycles. The third kappa shape index (κ3) is 4.16. The van der Waals surface area contributed by atoms with Gasteiger partial charge in [0.2, 0.25) is 0 Å². The quantitative estimate of drug-likeness (QED) is 0.526. The first kappa shape index (κ1) is 21.9. The van der Waals surface area contributed by atoms with Crippen LogP contribution in [0.1, 0.15) is 94.3 Å². The zero-order valence-electron chi connectivity index (χ0n) is 19.9. The molecule has 0 aliphatic heterocycles. The number of fused-ring (bicyclic) bond motifs is 5. The predicted molar refractivity (Wildman–Crippen MR) is 130 cm³/mol. The number of carbonyl (C=O) groups is 2. The van der Waals surface area contributed by atoms with Crippen molar-refractivity contribution in [3.8, 4) is 0 Å². The van der Waals surface area contributed by atoms with E-state index in [2.05, 4.69) is 12.1 Å². The fourth-order valence-electron chi connectivity index (χ4n) is 6.77. The van der Waals surface area contributed by atoms with Crippen LogP contribution in [0.15, 0.2) is 36.4 Å². The standard InChI is InChI=1S/C30H34O4/c31-29(25-15-9-19-5-1-3-7-23(19)17-25)33-27-21-11-13-22(14-12-21)28(27)34-30(32)26-16-10-20-6-2-4-8-24(20)18-26/h9-10,15-18,21-22,27-28H,1-8,11-14H2. The van der Waals surface area contributed by atoms with Gasteiger partial charge in [-0.1, -0.05) is 12.1 Å². The second-order valence-corrected chi connectivity index (χ2v) is 10.8. The Kier molecular flexibility index (Phi) is 5.92. The van der Waals surface area contributed by atoms with Crippen LogP contribution in [0.3, 0.4) is 0 Å². The Morgan fingerprint density at radius 1 is 0.559 bits per heavy atom. The van der Waals surface area contributed by atoms with Gasteiger partial charge in [0.15, 0.2) is 0 Å². The lowest BCUT2D eigenvalue weighted by Gasteiger charge is -2.46.